The smallest absolute Gasteiger partial charge is 0.347 e. The first-order valence-corrected chi connectivity index (χ1v) is 8.92. The zero-order valence-corrected chi connectivity index (χ0v) is 15.2. The summed E-state index contributed by atoms with van der Waals surface area (Å²) in [6, 6.07) is 8.89. The highest BCUT2D eigenvalue weighted by Gasteiger charge is 2.34. The highest BCUT2D eigenvalue weighted by molar-refractivity contribution is 6.20. The second kappa shape index (κ2) is 8.55. The molecule has 3 rings (SSSR count). The first-order chi connectivity index (χ1) is 13.5. The first-order valence-electron chi connectivity index (χ1n) is 8.92. The van der Waals surface area contributed by atoms with Gasteiger partial charge in [0.25, 0.3) is 5.91 Å². The van der Waals surface area contributed by atoms with E-state index in [0.29, 0.717) is 25.1 Å². The number of ether oxygens (including phenoxy) is 2. The van der Waals surface area contributed by atoms with E-state index in [9.17, 15) is 19.2 Å². The highest BCUT2D eigenvalue weighted by atomic mass is 16.5. The van der Waals surface area contributed by atoms with Gasteiger partial charge < -0.3 is 25.4 Å². The Morgan fingerprint density at radius 2 is 2.00 bits per heavy atom. The molecule has 0 bridgehead atoms. The summed E-state index contributed by atoms with van der Waals surface area (Å²) in [5.41, 5.74) is 5.68. The molecule has 2 aliphatic rings. The van der Waals surface area contributed by atoms with Gasteiger partial charge >= 0.3 is 5.97 Å². The number of nitrogens with two attached hydrogens (primary N) is 1. The number of carbonyl (C=O) groups is 4. The third-order valence-electron chi connectivity index (χ3n) is 4.59. The summed E-state index contributed by atoms with van der Waals surface area (Å²) in [7, 11) is 0. The van der Waals surface area contributed by atoms with E-state index in [2.05, 4.69) is 5.32 Å². The minimum atomic E-state index is -0.933. The molecule has 9 heteroatoms. The normalized spacial score (nSPS) is 19.2. The molecule has 1 fully saturated rings. The standard InChI is InChI=1S/C19H21N3O6/c20-17(25)12-5-4-8-22(9-12)15(24)11-28-19(26)16-14(23)10-27-18(16)21-13-6-2-1-3-7-13/h1-3,6-7,12,21H,4-5,8-11H2,(H2,20,25)/t12-/m0/s1. The van der Waals surface area contributed by atoms with E-state index < -0.39 is 36.1 Å². The van der Waals surface area contributed by atoms with Crippen LogP contribution in [0.4, 0.5) is 5.69 Å². The van der Waals surface area contributed by atoms with Crippen molar-refractivity contribution in [3.8, 4) is 0 Å². The molecule has 1 aromatic carbocycles. The summed E-state index contributed by atoms with van der Waals surface area (Å²) in [5, 5.41) is 2.86. The molecule has 0 spiro atoms. The summed E-state index contributed by atoms with van der Waals surface area (Å²) in [5.74, 6) is -2.75. The first kappa shape index (κ1) is 19.4. The van der Waals surface area contributed by atoms with Gasteiger partial charge in [-0.1, -0.05) is 18.2 Å². The molecule has 9 nitrogen and oxygen atoms in total. The summed E-state index contributed by atoms with van der Waals surface area (Å²) >= 11 is 0. The Morgan fingerprint density at radius 3 is 2.71 bits per heavy atom. The topological polar surface area (TPSA) is 128 Å². The fraction of sp³-hybridized carbons (Fsp3) is 0.368. The number of ketones is 1. The monoisotopic (exact) mass is 387 g/mol. The number of primary amides is 1. The number of esters is 1. The second-order valence-electron chi connectivity index (χ2n) is 6.56. The van der Waals surface area contributed by atoms with Crippen molar-refractivity contribution < 1.29 is 28.7 Å². The minimum absolute atomic E-state index is 0.000383. The van der Waals surface area contributed by atoms with Gasteiger partial charge in [-0.15, -0.1) is 0 Å². The summed E-state index contributed by atoms with van der Waals surface area (Å²) in [4.78, 5) is 49.4. The Balaban J connectivity index is 1.61. The fourth-order valence-corrected chi connectivity index (χ4v) is 3.09. The lowest BCUT2D eigenvalue weighted by atomic mass is 9.97. The number of piperidine rings is 1. The highest BCUT2D eigenvalue weighted by Crippen LogP contribution is 2.21. The van der Waals surface area contributed by atoms with Gasteiger partial charge in [0.1, 0.15) is 0 Å². The molecule has 3 N–H and O–H groups in total. The third-order valence-corrected chi connectivity index (χ3v) is 4.59. The van der Waals surface area contributed by atoms with Crippen molar-refractivity contribution in [2.24, 2.45) is 11.7 Å². The van der Waals surface area contributed by atoms with Crippen molar-refractivity contribution in [3.63, 3.8) is 0 Å². The van der Waals surface area contributed by atoms with Crippen molar-refractivity contribution in [3.05, 3.63) is 41.8 Å². The maximum Gasteiger partial charge on any atom is 0.347 e. The third kappa shape index (κ3) is 4.48. The second-order valence-corrected chi connectivity index (χ2v) is 6.56. The molecule has 1 saturated heterocycles. The van der Waals surface area contributed by atoms with Crippen LogP contribution in [0.2, 0.25) is 0 Å². The van der Waals surface area contributed by atoms with Crippen LogP contribution in [0.3, 0.4) is 0 Å². The fourth-order valence-electron chi connectivity index (χ4n) is 3.09. The maximum atomic E-state index is 12.4. The van der Waals surface area contributed by atoms with E-state index in [1.54, 1.807) is 24.3 Å². The van der Waals surface area contributed by atoms with E-state index in [4.69, 9.17) is 15.2 Å². The maximum absolute atomic E-state index is 12.4. The number of hydrogen-bond acceptors (Lipinski definition) is 7. The lowest BCUT2D eigenvalue weighted by molar-refractivity contribution is -0.151. The van der Waals surface area contributed by atoms with Crippen molar-refractivity contribution >= 4 is 29.3 Å². The SMILES string of the molecule is NC(=O)[C@H]1CCCN(C(=O)COC(=O)C2=C(Nc3ccccc3)OCC2=O)C1. The van der Waals surface area contributed by atoms with Crippen LogP contribution in [0, 0.1) is 5.92 Å². The summed E-state index contributed by atoms with van der Waals surface area (Å²) < 4.78 is 10.3. The van der Waals surface area contributed by atoms with Crippen LogP contribution in [0.1, 0.15) is 12.8 Å². The van der Waals surface area contributed by atoms with Gasteiger partial charge in [-0.2, -0.15) is 0 Å². The molecule has 1 atom stereocenters. The molecule has 1 aromatic rings. The number of likely N-dealkylation sites (tertiary alicyclic amines) is 1. The van der Waals surface area contributed by atoms with E-state index in [-0.39, 0.29) is 24.6 Å². The molecule has 0 unspecified atom stereocenters. The largest absolute Gasteiger partial charge is 0.470 e. The van der Waals surface area contributed by atoms with Crippen LogP contribution in [0.5, 0.6) is 0 Å². The van der Waals surface area contributed by atoms with Gasteiger partial charge in [0.2, 0.25) is 17.6 Å². The van der Waals surface area contributed by atoms with E-state index in [1.165, 1.54) is 4.90 Å². The molecule has 148 valence electrons. The number of hydrogen-bond donors (Lipinski definition) is 2. The Bertz CT molecular complexity index is 820. The Labute approximate surface area is 161 Å². The van der Waals surface area contributed by atoms with Gasteiger partial charge in [0.15, 0.2) is 18.8 Å². The predicted octanol–water partition coefficient (Wildman–Crippen LogP) is 0.176. The van der Waals surface area contributed by atoms with Crippen molar-refractivity contribution in [1.82, 2.24) is 4.90 Å². The Hall–Kier alpha value is -3.36. The average molecular weight is 387 g/mol. The van der Waals surface area contributed by atoms with Crippen molar-refractivity contribution in [2.45, 2.75) is 12.8 Å². The van der Waals surface area contributed by atoms with E-state index in [1.807, 2.05) is 6.07 Å². The lowest BCUT2D eigenvalue weighted by Crippen LogP contribution is -2.45. The zero-order chi connectivity index (χ0) is 20.1. The molecule has 0 aliphatic carbocycles. The zero-order valence-electron chi connectivity index (χ0n) is 15.2. The van der Waals surface area contributed by atoms with Gasteiger partial charge in [-0.05, 0) is 25.0 Å². The molecule has 0 saturated carbocycles. The molecular weight excluding hydrogens is 366 g/mol. The van der Waals surface area contributed by atoms with Crippen LogP contribution in [0.25, 0.3) is 0 Å². The number of para-hydroxylation sites is 1. The predicted molar refractivity (Wildman–Crippen MR) is 97.5 cm³/mol. The number of benzene rings is 1. The van der Waals surface area contributed by atoms with Gasteiger partial charge in [0.05, 0.1) is 5.92 Å². The Kier molecular flexibility index (Phi) is 5.93. The van der Waals surface area contributed by atoms with Crippen LogP contribution in [0.15, 0.2) is 41.8 Å². The summed E-state index contributed by atoms with van der Waals surface area (Å²) in [6.07, 6.45) is 1.28. The summed E-state index contributed by atoms with van der Waals surface area (Å²) in [6.45, 7) is -0.136. The van der Waals surface area contributed by atoms with Crippen molar-refractivity contribution in [2.75, 3.05) is 31.6 Å². The number of amides is 2. The van der Waals surface area contributed by atoms with E-state index >= 15 is 0 Å². The molecule has 2 heterocycles. The average Bonchev–Trinajstić information content (AvgIpc) is 3.06. The number of anilines is 1. The molecule has 0 aromatic heterocycles. The lowest BCUT2D eigenvalue weighted by Gasteiger charge is -2.31. The van der Waals surface area contributed by atoms with Gasteiger partial charge in [0, 0.05) is 18.8 Å². The molecule has 0 radical (unpaired) electrons. The van der Waals surface area contributed by atoms with Crippen LogP contribution < -0.4 is 11.1 Å². The minimum Gasteiger partial charge on any atom is -0.470 e. The number of carbonyl (C=O) groups excluding carboxylic acids is 4. The molecule has 2 aliphatic heterocycles. The van der Waals surface area contributed by atoms with E-state index in [0.717, 1.165) is 0 Å². The number of rotatable bonds is 6. The quantitative estimate of drug-likeness (QED) is 0.526. The van der Waals surface area contributed by atoms with Crippen LogP contribution in [-0.4, -0.2) is 54.8 Å². The van der Waals surface area contributed by atoms with Gasteiger partial charge in [-0.25, -0.2) is 4.79 Å². The number of Topliss-reactive ketones (excluding diaryl/α,β-unsaturated/α-hetero) is 1. The van der Waals surface area contributed by atoms with Crippen LogP contribution >= 0.6 is 0 Å². The van der Waals surface area contributed by atoms with Gasteiger partial charge in [-0.3, -0.25) is 14.4 Å². The van der Waals surface area contributed by atoms with Crippen LogP contribution in [-0.2, 0) is 28.7 Å². The molecular formula is C19H21N3O6. The molecule has 28 heavy (non-hydrogen) atoms. The number of nitrogens with zero attached hydrogens (tertiary/aromatic N) is 1. The number of nitrogens with one attached hydrogen (secondary N) is 1. The Morgan fingerprint density at radius 1 is 1.25 bits per heavy atom. The molecule has 2 amide bonds. The van der Waals surface area contributed by atoms with Crippen molar-refractivity contribution in [1.29, 1.82) is 0 Å².